The van der Waals surface area contributed by atoms with Crippen molar-refractivity contribution >= 4 is 28.9 Å². The van der Waals surface area contributed by atoms with Gasteiger partial charge in [-0.05, 0) is 19.1 Å². The van der Waals surface area contributed by atoms with Gasteiger partial charge in [0.1, 0.15) is 10.8 Å². The zero-order valence-electron chi connectivity index (χ0n) is 16.0. The zero-order chi connectivity index (χ0) is 20.8. The van der Waals surface area contributed by atoms with Crippen molar-refractivity contribution in [3.63, 3.8) is 0 Å². The standard InChI is InChI=1S/C20H19N5O2S2/c1-4-9-25-18(14-7-5-6-8-17(14)27-3)23-24-20(25)29-12-16(26)15(10-21)19-22-13(2)11-28-19/h4-8,11,15H,1,9,12H2,2-3H3. The number of benzene rings is 1. The van der Waals surface area contributed by atoms with Gasteiger partial charge in [-0.1, -0.05) is 30.0 Å². The molecule has 0 aliphatic rings. The summed E-state index contributed by atoms with van der Waals surface area (Å²) in [5.74, 6) is 0.327. The number of thiazole rings is 1. The van der Waals surface area contributed by atoms with Gasteiger partial charge in [0.15, 0.2) is 22.7 Å². The normalized spacial score (nSPS) is 11.6. The predicted molar refractivity (Wildman–Crippen MR) is 113 cm³/mol. The molecule has 3 rings (SSSR count). The number of carbonyl (C=O) groups is 1. The molecule has 0 radical (unpaired) electrons. The summed E-state index contributed by atoms with van der Waals surface area (Å²) in [5, 5.41) is 20.9. The van der Waals surface area contributed by atoms with Crippen LogP contribution in [0.2, 0.25) is 0 Å². The number of thioether (sulfide) groups is 1. The van der Waals surface area contributed by atoms with Crippen molar-refractivity contribution in [3.8, 4) is 23.2 Å². The highest BCUT2D eigenvalue weighted by Crippen LogP contribution is 2.31. The fourth-order valence-electron chi connectivity index (χ4n) is 2.71. The number of rotatable bonds is 9. The number of ketones is 1. The van der Waals surface area contributed by atoms with Gasteiger partial charge in [-0.25, -0.2) is 4.98 Å². The largest absolute Gasteiger partial charge is 0.496 e. The molecule has 0 bridgehead atoms. The Morgan fingerprint density at radius 1 is 1.45 bits per heavy atom. The van der Waals surface area contributed by atoms with E-state index >= 15 is 0 Å². The van der Waals surface area contributed by atoms with E-state index in [0.717, 1.165) is 11.3 Å². The summed E-state index contributed by atoms with van der Waals surface area (Å²) in [4.78, 5) is 16.9. The molecule has 9 heteroatoms. The van der Waals surface area contributed by atoms with Crippen LogP contribution in [0, 0.1) is 18.3 Å². The number of allylic oxidation sites excluding steroid dienone is 1. The lowest BCUT2D eigenvalue weighted by atomic mass is 10.1. The number of ether oxygens (including phenoxy) is 1. The first-order valence-electron chi connectivity index (χ1n) is 8.73. The number of nitriles is 1. The van der Waals surface area contributed by atoms with Gasteiger partial charge in [0.2, 0.25) is 0 Å². The van der Waals surface area contributed by atoms with E-state index in [0.29, 0.717) is 28.3 Å². The molecule has 1 atom stereocenters. The molecule has 0 fully saturated rings. The second-order valence-electron chi connectivity index (χ2n) is 6.05. The summed E-state index contributed by atoms with van der Waals surface area (Å²) in [6.45, 7) is 6.11. The molecule has 0 aliphatic heterocycles. The first-order valence-corrected chi connectivity index (χ1v) is 10.6. The van der Waals surface area contributed by atoms with Gasteiger partial charge in [0.05, 0.1) is 24.5 Å². The van der Waals surface area contributed by atoms with Crippen molar-refractivity contribution < 1.29 is 9.53 Å². The van der Waals surface area contributed by atoms with Crippen LogP contribution in [-0.4, -0.2) is 38.4 Å². The van der Waals surface area contributed by atoms with E-state index in [-0.39, 0.29) is 11.5 Å². The number of carbonyl (C=O) groups excluding carboxylic acids is 1. The Morgan fingerprint density at radius 3 is 2.90 bits per heavy atom. The minimum absolute atomic E-state index is 0.0953. The van der Waals surface area contributed by atoms with Crippen LogP contribution in [0.15, 0.2) is 47.5 Å². The van der Waals surface area contributed by atoms with Crippen LogP contribution in [0.4, 0.5) is 0 Å². The highest BCUT2D eigenvalue weighted by Gasteiger charge is 2.25. The molecule has 2 heterocycles. The summed E-state index contributed by atoms with van der Waals surface area (Å²) in [5.41, 5.74) is 1.61. The first-order chi connectivity index (χ1) is 14.1. The van der Waals surface area contributed by atoms with Crippen molar-refractivity contribution in [2.24, 2.45) is 0 Å². The average molecular weight is 426 g/mol. The van der Waals surface area contributed by atoms with Crippen molar-refractivity contribution in [2.75, 3.05) is 12.9 Å². The second kappa shape index (κ2) is 9.49. The Kier molecular flexibility index (Phi) is 6.80. The van der Waals surface area contributed by atoms with Crippen molar-refractivity contribution in [2.45, 2.75) is 24.5 Å². The molecule has 0 aliphatic carbocycles. The summed E-state index contributed by atoms with van der Waals surface area (Å²) in [7, 11) is 1.60. The predicted octanol–water partition coefficient (Wildman–Crippen LogP) is 3.87. The number of Topliss-reactive ketones (excluding diaryl/α,β-unsaturated/α-hetero) is 1. The lowest BCUT2D eigenvalue weighted by Crippen LogP contribution is -2.14. The topological polar surface area (TPSA) is 93.7 Å². The van der Waals surface area contributed by atoms with Crippen LogP contribution in [0.25, 0.3) is 11.4 Å². The van der Waals surface area contributed by atoms with Crippen LogP contribution in [0.3, 0.4) is 0 Å². The number of hydrogen-bond donors (Lipinski definition) is 0. The number of nitrogens with zero attached hydrogens (tertiary/aromatic N) is 5. The molecule has 0 saturated heterocycles. The molecule has 0 amide bonds. The molecule has 1 aromatic carbocycles. The molecule has 148 valence electrons. The van der Waals surface area contributed by atoms with E-state index in [2.05, 4.69) is 27.8 Å². The lowest BCUT2D eigenvalue weighted by molar-refractivity contribution is -0.116. The minimum atomic E-state index is -0.870. The second-order valence-corrected chi connectivity index (χ2v) is 7.88. The maximum Gasteiger partial charge on any atom is 0.192 e. The lowest BCUT2D eigenvalue weighted by Gasteiger charge is -2.10. The highest BCUT2D eigenvalue weighted by molar-refractivity contribution is 7.99. The third-order valence-corrected chi connectivity index (χ3v) is 6.07. The van der Waals surface area contributed by atoms with Gasteiger partial charge in [-0.15, -0.1) is 28.1 Å². The molecule has 0 spiro atoms. The Hall–Kier alpha value is -2.96. The van der Waals surface area contributed by atoms with Gasteiger partial charge < -0.3 is 4.74 Å². The monoisotopic (exact) mass is 425 g/mol. The maximum atomic E-state index is 12.6. The summed E-state index contributed by atoms with van der Waals surface area (Å²) in [6.07, 6.45) is 1.74. The quantitative estimate of drug-likeness (QED) is 0.379. The molecule has 7 nitrogen and oxygen atoms in total. The number of para-hydroxylation sites is 1. The minimum Gasteiger partial charge on any atom is -0.496 e. The van der Waals surface area contributed by atoms with Crippen molar-refractivity contribution in [1.29, 1.82) is 5.26 Å². The Balaban J connectivity index is 1.83. The molecule has 2 aromatic heterocycles. The van der Waals surface area contributed by atoms with E-state index in [4.69, 9.17) is 4.74 Å². The van der Waals surface area contributed by atoms with Crippen LogP contribution < -0.4 is 4.74 Å². The van der Waals surface area contributed by atoms with Gasteiger partial charge in [0, 0.05) is 17.6 Å². The Bertz CT molecular complexity index is 1070. The third kappa shape index (κ3) is 4.55. The summed E-state index contributed by atoms with van der Waals surface area (Å²) >= 11 is 2.57. The zero-order valence-corrected chi connectivity index (χ0v) is 17.7. The maximum absolute atomic E-state index is 12.6. The van der Waals surface area contributed by atoms with Gasteiger partial charge in [0.25, 0.3) is 0 Å². The summed E-state index contributed by atoms with van der Waals surface area (Å²) in [6, 6.07) is 9.60. The molecular weight excluding hydrogens is 406 g/mol. The number of hydrogen-bond acceptors (Lipinski definition) is 8. The van der Waals surface area contributed by atoms with Gasteiger partial charge in [-0.2, -0.15) is 5.26 Å². The molecule has 0 N–H and O–H groups in total. The van der Waals surface area contributed by atoms with Crippen molar-refractivity contribution in [1.82, 2.24) is 19.7 Å². The Labute approximate surface area is 177 Å². The van der Waals surface area contributed by atoms with E-state index < -0.39 is 5.92 Å². The van der Waals surface area contributed by atoms with Gasteiger partial charge in [-0.3, -0.25) is 9.36 Å². The van der Waals surface area contributed by atoms with Gasteiger partial charge >= 0.3 is 0 Å². The van der Waals surface area contributed by atoms with Crippen LogP contribution >= 0.6 is 23.1 Å². The van der Waals surface area contributed by atoms with Crippen LogP contribution in [0.1, 0.15) is 16.6 Å². The molecule has 3 aromatic rings. The fraction of sp³-hybridized carbons (Fsp3) is 0.250. The van der Waals surface area contributed by atoms with E-state index in [9.17, 15) is 10.1 Å². The van der Waals surface area contributed by atoms with Crippen LogP contribution in [-0.2, 0) is 11.3 Å². The summed E-state index contributed by atoms with van der Waals surface area (Å²) < 4.78 is 7.30. The first kappa shape index (κ1) is 20.8. The SMILES string of the molecule is C=CCn1c(SCC(=O)C(C#N)c2nc(C)cs2)nnc1-c1ccccc1OC. The van der Waals surface area contributed by atoms with E-state index in [1.54, 1.807) is 13.2 Å². The third-order valence-electron chi connectivity index (χ3n) is 4.05. The number of aromatic nitrogens is 4. The van der Waals surface area contributed by atoms with E-state index in [1.165, 1.54) is 23.1 Å². The number of aryl methyl sites for hydroxylation is 1. The fourth-order valence-corrected chi connectivity index (χ4v) is 4.42. The molecular formula is C20H19N5O2S2. The molecule has 1 unspecified atom stereocenters. The Morgan fingerprint density at radius 2 is 2.24 bits per heavy atom. The average Bonchev–Trinajstić information content (AvgIpc) is 3.33. The molecule has 29 heavy (non-hydrogen) atoms. The number of methoxy groups -OCH3 is 1. The molecule has 0 saturated carbocycles. The van der Waals surface area contributed by atoms with Crippen molar-refractivity contribution in [3.05, 3.63) is 53.0 Å². The highest BCUT2D eigenvalue weighted by atomic mass is 32.2. The van der Waals surface area contributed by atoms with E-state index in [1.807, 2.05) is 41.1 Å². The van der Waals surface area contributed by atoms with Crippen LogP contribution in [0.5, 0.6) is 5.75 Å². The smallest absolute Gasteiger partial charge is 0.192 e.